The molecule has 0 fully saturated rings. The van der Waals surface area contributed by atoms with E-state index >= 15 is 0 Å². The number of aryl methyl sites for hydroxylation is 2. The second-order valence-corrected chi connectivity index (χ2v) is 4.24. The Morgan fingerprint density at radius 3 is 2.80 bits per heavy atom. The van der Waals surface area contributed by atoms with Crippen LogP contribution in [0.25, 0.3) is 10.9 Å². The highest BCUT2D eigenvalue weighted by Crippen LogP contribution is 2.27. The van der Waals surface area contributed by atoms with Gasteiger partial charge in [0.1, 0.15) is 0 Å². The quantitative estimate of drug-likeness (QED) is 0.827. The van der Waals surface area contributed by atoms with Crippen LogP contribution in [0.3, 0.4) is 0 Å². The van der Waals surface area contributed by atoms with Gasteiger partial charge in [0.2, 0.25) is 0 Å². The van der Waals surface area contributed by atoms with Crippen molar-refractivity contribution in [3.63, 3.8) is 0 Å². The molecule has 1 aromatic carbocycles. The van der Waals surface area contributed by atoms with Gasteiger partial charge in [-0.25, -0.2) is 0 Å². The first-order valence-corrected chi connectivity index (χ1v) is 5.41. The summed E-state index contributed by atoms with van der Waals surface area (Å²) in [6, 6.07) is 6.24. The van der Waals surface area contributed by atoms with Gasteiger partial charge in [-0.15, -0.1) is 0 Å². The van der Waals surface area contributed by atoms with Crippen molar-refractivity contribution in [3.8, 4) is 0 Å². The highest BCUT2D eigenvalue weighted by atomic mass is 35.5. The summed E-state index contributed by atoms with van der Waals surface area (Å²) in [5.74, 6) is 0. The van der Waals surface area contributed by atoms with Gasteiger partial charge in [-0.05, 0) is 31.7 Å². The predicted molar refractivity (Wildman–Crippen MR) is 65.4 cm³/mol. The van der Waals surface area contributed by atoms with Crippen LogP contribution in [0.15, 0.2) is 18.2 Å². The zero-order chi connectivity index (χ0) is 11.0. The van der Waals surface area contributed by atoms with Crippen LogP contribution in [0.2, 0.25) is 5.02 Å². The van der Waals surface area contributed by atoms with E-state index in [2.05, 4.69) is 36.0 Å². The van der Waals surface area contributed by atoms with Gasteiger partial charge in [0, 0.05) is 29.7 Å². The lowest BCUT2D eigenvalue weighted by Gasteiger charge is -2.06. The molecule has 2 nitrogen and oxygen atoms in total. The maximum atomic E-state index is 6.12. The van der Waals surface area contributed by atoms with Crippen LogP contribution in [-0.4, -0.2) is 11.6 Å². The molecule has 2 rings (SSSR count). The van der Waals surface area contributed by atoms with E-state index in [1.807, 2.05) is 13.1 Å². The molecule has 1 heterocycles. The highest BCUT2D eigenvalue weighted by Gasteiger charge is 2.09. The van der Waals surface area contributed by atoms with Crippen molar-refractivity contribution in [2.24, 2.45) is 7.05 Å². The zero-order valence-corrected chi connectivity index (χ0v) is 10.0. The summed E-state index contributed by atoms with van der Waals surface area (Å²) in [4.78, 5) is 0. The molecule has 0 bridgehead atoms. The van der Waals surface area contributed by atoms with E-state index in [-0.39, 0.29) is 0 Å². The van der Waals surface area contributed by atoms with Gasteiger partial charge in [0.15, 0.2) is 0 Å². The standard InChI is InChI=1S/C12H15ClN2/c1-8-11(13)5-4-9-6-10(7-14-2)15(3)12(8)9/h4-6,14H,7H2,1-3H3. The number of hydrogen-bond donors (Lipinski definition) is 1. The monoisotopic (exact) mass is 222 g/mol. The van der Waals surface area contributed by atoms with E-state index in [0.29, 0.717) is 0 Å². The fourth-order valence-electron chi connectivity index (χ4n) is 2.03. The number of halogens is 1. The molecule has 0 unspecified atom stereocenters. The topological polar surface area (TPSA) is 17.0 Å². The summed E-state index contributed by atoms with van der Waals surface area (Å²) in [6.45, 7) is 2.94. The number of aromatic nitrogens is 1. The third kappa shape index (κ3) is 1.64. The number of nitrogens with one attached hydrogen (secondary N) is 1. The smallest absolute Gasteiger partial charge is 0.0524 e. The average molecular weight is 223 g/mol. The van der Waals surface area contributed by atoms with Crippen LogP contribution in [0, 0.1) is 6.92 Å². The molecule has 0 radical (unpaired) electrons. The van der Waals surface area contributed by atoms with Gasteiger partial charge >= 0.3 is 0 Å². The molecule has 0 saturated carbocycles. The Morgan fingerprint density at radius 2 is 2.13 bits per heavy atom. The number of rotatable bonds is 2. The maximum absolute atomic E-state index is 6.12. The minimum absolute atomic E-state index is 0.833. The predicted octanol–water partition coefficient (Wildman–Crippen LogP) is 2.86. The van der Waals surface area contributed by atoms with Gasteiger partial charge in [0.05, 0.1) is 5.52 Å². The number of benzene rings is 1. The van der Waals surface area contributed by atoms with E-state index in [1.165, 1.54) is 16.6 Å². The fraction of sp³-hybridized carbons (Fsp3) is 0.333. The maximum Gasteiger partial charge on any atom is 0.0524 e. The molecule has 1 N–H and O–H groups in total. The van der Waals surface area contributed by atoms with Crippen molar-refractivity contribution >= 4 is 22.5 Å². The van der Waals surface area contributed by atoms with E-state index in [9.17, 15) is 0 Å². The summed E-state index contributed by atoms with van der Waals surface area (Å²) in [6.07, 6.45) is 0. The molecular formula is C12H15ClN2. The van der Waals surface area contributed by atoms with Crippen molar-refractivity contribution in [2.75, 3.05) is 7.05 Å². The second-order valence-electron chi connectivity index (χ2n) is 3.84. The Hall–Kier alpha value is -0.990. The minimum atomic E-state index is 0.833. The number of nitrogens with zero attached hydrogens (tertiary/aromatic N) is 1. The first kappa shape index (κ1) is 10.5. The first-order chi connectivity index (χ1) is 7.15. The normalized spacial score (nSPS) is 11.2. The molecule has 0 aliphatic rings. The molecule has 0 atom stereocenters. The highest BCUT2D eigenvalue weighted by molar-refractivity contribution is 6.32. The molecule has 0 spiro atoms. The van der Waals surface area contributed by atoms with Crippen LogP contribution in [0.4, 0.5) is 0 Å². The third-order valence-corrected chi connectivity index (χ3v) is 3.25. The van der Waals surface area contributed by atoms with Gasteiger partial charge < -0.3 is 9.88 Å². The summed E-state index contributed by atoms with van der Waals surface area (Å²) in [5, 5.41) is 5.25. The van der Waals surface area contributed by atoms with Gasteiger partial charge in [-0.1, -0.05) is 17.7 Å². The summed E-state index contributed by atoms with van der Waals surface area (Å²) in [5.41, 5.74) is 3.66. The van der Waals surface area contributed by atoms with Gasteiger partial charge in [-0.2, -0.15) is 0 Å². The van der Waals surface area contributed by atoms with Crippen molar-refractivity contribution in [2.45, 2.75) is 13.5 Å². The molecular weight excluding hydrogens is 208 g/mol. The molecule has 2 aromatic rings. The van der Waals surface area contributed by atoms with Crippen LogP contribution in [-0.2, 0) is 13.6 Å². The van der Waals surface area contributed by atoms with Crippen molar-refractivity contribution in [3.05, 3.63) is 34.5 Å². The Bertz CT molecular complexity index is 500. The van der Waals surface area contributed by atoms with Crippen LogP contribution in [0.5, 0.6) is 0 Å². The zero-order valence-electron chi connectivity index (χ0n) is 9.26. The molecule has 3 heteroatoms. The molecule has 1 aromatic heterocycles. The average Bonchev–Trinajstić information content (AvgIpc) is 2.52. The molecule has 0 saturated heterocycles. The first-order valence-electron chi connectivity index (χ1n) is 5.03. The lowest BCUT2D eigenvalue weighted by Crippen LogP contribution is -2.08. The van der Waals surface area contributed by atoms with Crippen LogP contribution >= 0.6 is 11.6 Å². The van der Waals surface area contributed by atoms with Gasteiger partial charge in [-0.3, -0.25) is 0 Å². The van der Waals surface area contributed by atoms with Crippen molar-refractivity contribution < 1.29 is 0 Å². The SMILES string of the molecule is CNCc1cc2ccc(Cl)c(C)c2n1C. The number of fused-ring (bicyclic) bond motifs is 1. The van der Waals surface area contributed by atoms with Gasteiger partial charge in [0.25, 0.3) is 0 Å². The molecule has 0 aliphatic carbocycles. The Labute approximate surface area is 94.8 Å². The van der Waals surface area contributed by atoms with Crippen molar-refractivity contribution in [1.29, 1.82) is 0 Å². The molecule has 0 amide bonds. The van der Waals surface area contributed by atoms with E-state index in [0.717, 1.165) is 17.1 Å². The van der Waals surface area contributed by atoms with E-state index in [1.54, 1.807) is 0 Å². The van der Waals surface area contributed by atoms with Crippen LogP contribution < -0.4 is 5.32 Å². The molecule has 0 aliphatic heterocycles. The summed E-state index contributed by atoms with van der Waals surface area (Å²) < 4.78 is 2.20. The van der Waals surface area contributed by atoms with E-state index < -0.39 is 0 Å². The summed E-state index contributed by atoms with van der Waals surface area (Å²) in [7, 11) is 4.04. The minimum Gasteiger partial charge on any atom is -0.346 e. The van der Waals surface area contributed by atoms with E-state index in [4.69, 9.17) is 11.6 Å². The largest absolute Gasteiger partial charge is 0.346 e. The Morgan fingerprint density at radius 1 is 1.40 bits per heavy atom. The second kappa shape index (κ2) is 3.87. The van der Waals surface area contributed by atoms with Crippen molar-refractivity contribution in [1.82, 2.24) is 9.88 Å². The lowest BCUT2D eigenvalue weighted by molar-refractivity contribution is 0.744. The fourth-order valence-corrected chi connectivity index (χ4v) is 2.18. The summed E-state index contributed by atoms with van der Waals surface area (Å²) >= 11 is 6.12. The Kier molecular flexibility index (Phi) is 2.72. The Balaban J connectivity index is 2.72. The third-order valence-electron chi connectivity index (χ3n) is 2.84. The van der Waals surface area contributed by atoms with Crippen LogP contribution in [0.1, 0.15) is 11.3 Å². The lowest BCUT2D eigenvalue weighted by atomic mass is 10.1. The number of hydrogen-bond acceptors (Lipinski definition) is 1. The molecule has 15 heavy (non-hydrogen) atoms. The molecule has 80 valence electrons.